The van der Waals surface area contributed by atoms with E-state index in [1.807, 2.05) is 48.1 Å². The Balaban J connectivity index is 1.46. The second kappa shape index (κ2) is 11.7. The van der Waals surface area contributed by atoms with Crippen LogP contribution < -0.4 is 16.0 Å². The summed E-state index contributed by atoms with van der Waals surface area (Å²) in [6, 6.07) is 18.1. The van der Waals surface area contributed by atoms with E-state index in [1.54, 1.807) is 13.2 Å². The maximum atomic E-state index is 12.4. The molecule has 1 aromatic heterocycles. The van der Waals surface area contributed by atoms with Crippen LogP contribution in [-0.2, 0) is 13.0 Å². The highest BCUT2D eigenvalue weighted by Gasteiger charge is 2.09. The van der Waals surface area contributed by atoms with Gasteiger partial charge in [0.1, 0.15) is 0 Å². The van der Waals surface area contributed by atoms with Gasteiger partial charge in [-0.1, -0.05) is 31.2 Å². The molecule has 0 radical (unpaired) electrons. The van der Waals surface area contributed by atoms with Crippen molar-refractivity contribution in [2.24, 2.45) is 4.99 Å². The number of aliphatic imine (C=N–C) groups is 1. The lowest BCUT2D eigenvalue weighted by molar-refractivity contribution is 0.0939. The first kappa shape index (κ1) is 23.1. The molecule has 3 aromatic rings. The van der Waals surface area contributed by atoms with Crippen molar-refractivity contribution >= 4 is 11.9 Å². The van der Waals surface area contributed by atoms with Crippen LogP contribution in [0.15, 0.2) is 72.0 Å². The fraction of sp³-hybridized carbons (Fsp3) is 0.320. The van der Waals surface area contributed by atoms with Gasteiger partial charge < -0.3 is 16.0 Å². The molecule has 1 amide bonds. The van der Waals surface area contributed by atoms with Crippen LogP contribution in [-0.4, -0.2) is 41.3 Å². The third-order valence-electron chi connectivity index (χ3n) is 5.27. The molecule has 0 aliphatic heterocycles. The average molecular weight is 433 g/mol. The van der Waals surface area contributed by atoms with E-state index in [2.05, 4.69) is 57.2 Å². The predicted octanol–water partition coefficient (Wildman–Crippen LogP) is 3.31. The smallest absolute Gasteiger partial charge is 0.251 e. The summed E-state index contributed by atoms with van der Waals surface area (Å²) < 4.78 is 1.84. The molecule has 1 atom stereocenters. The van der Waals surface area contributed by atoms with Crippen molar-refractivity contribution in [3.63, 3.8) is 0 Å². The van der Waals surface area contributed by atoms with Gasteiger partial charge in [-0.15, -0.1) is 0 Å². The van der Waals surface area contributed by atoms with Gasteiger partial charge in [0.15, 0.2) is 5.96 Å². The second-order valence-corrected chi connectivity index (χ2v) is 7.70. The van der Waals surface area contributed by atoms with Crippen molar-refractivity contribution in [2.45, 2.75) is 39.3 Å². The minimum absolute atomic E-state index is 0.0396. The second-order valence-electron chi connectivity index (χ2n) is 7.70. The van der Waals surface area contributed by atoms with Crippen LogP contribution in [0, 0.1) is 0 Å². The highest BCUT2D eigenvalue weighted by Crippen LogP contribution is 2.09. The molecule has 32 heavy (non-hydrogen) atoms. The van der Waals surface area contributed by atoms with E-state index in [0.717, 1.165) is 36.6 Å². The summed E-state index contributed by atoms with van der Waals surface area (Å²) in [7, 11) is 1.75. The maximum Gasteiger partial charge on any atom is 0.251 e. The lowest BCUT2D eigenvalue weighted by Crippen LogP contribution is -2.38. The summed E-state index contributed by atoms with van der Waals surface area (Å²) in [5.74, 6) is 0.690. The van der Waals surface area contributed by atoms with Crippen LogP contribution in [0.1, 0.15) is 41.8 Å². The molecule has 168 valence electrons. The molecule has 0 fully saturated rings. The minimum atomic E-state index is -0.0396. The molecule has 0 saturated heterocycles. The number of rotatable bonds is 9. The Morgan fingerprint density at radius 3 is 2.59 bits per heavy atom. The molecular weight excluding hydrogens is 400 g/mol. The normalized spacial score (nSPS) is 12.3. The number of nitrogens with zero attached hydrogens (tertiary/aromatic N) is 3. The van der Waals surface area contributed by atoms with Crippen molar-refractivity contribution in [3.05, 3.63) is 83.7 Å². The topological polar surface area (TPSA) is 83.3 Å². The molecule has 0 spiro atoms. The Hall–Kier alpha value is -3.61. The first-order valence-corrected chi connectivity index (χ1v) is 11.0. The van der Waals surface area contributed by atoms with E-state index >= 15 is 0 Å². The lowest BCUT2D eigenvalue weighted by atomic mass is 10.1. The fourth-order valence-corrected chi connectivity index (χ4v) is 3.20. The van der Waals surface area contributed by atoms with Crippen molar-refractivity contribution < 1.29 is 4.79 Å². The van der Waals surface area contributed by atoms with Gasteiger partial charge in [0, 0.05) is 44.1 Å². The molecule has 7 nitrogen and oxygen atoms in total. The minimum Gasteiger partial charge on any atom is -0.356 e. The lowest BCUT2D eigenvalue weighted by Gasteiger charge is -2.14. The number of hydrogen-bond donors (Lipinski definition) is 3. The zero-order valence-corrected chi connectivity index (χ0v) is 19.0. The molecule has 2 aromatic carbocycles. The summed E-state index contributed by atoms with van der Waals surface area (Å²) >= 11 is 0. The van der Waals surface area contributed by atoms with E-state index in [9.17, 15) is 4.79 Å². The van der Waals surface area contributed by atoms with Gasteiger partial charge in [-0.25, -0.2) is 4.68 Å². The number of guanidine groups is 1. The molecule has 0 aliphatic rings. The van der Waals surface area contributed by atoms with E-state index in [-0.39, 0.29) is 11.9 Å². The average Bonchev–Trinajstić information content (AvgIpc) is 3.36. The van der Waals surface area contributed by atoms with Crippen LogP contribution in [0.3, 0.4) is 0 Å². The van der Waals surface area contributed by atoms with E-state index < -0.39 is 0 Å². The number of carbonyl (C=O) groups excluding carboxylic acids is 1. The van der Waals surface area contributed by atoms with Crippen molar-refractivity contribution in [1.29, 1.82) is 0 Å². The van der Waals surface area contributed by atoms with Gasteiger partial charge in [-0.2, -0.15) is 5.10 Å². The third-order valence-corrected chi connectivity index (χ3v) is 5.27. The quantitative estimate of drug-likeness (QED) is 0.358. The summed E-state index contributed by atoms with van der Waals surface area (Å²) in [5.41, 5.74) is 3.98. The van der Waals surface area contributed by atoms with Gasteiger partial charge in [0.05, 0.1) is 5.69 Å². The van der Waals surface area contributed by atoms with Gasteiger partial charge in [0.25, 0.3) is 5.91 Å². The largest absolute Gasteiger partial charge is 0.356 e. The van der Waals surface area contributed by atoms with Gasteiger partial charge in [-0.05, 0) is 61.2 Å². The Bertz CT molecular complexity index is 1010. The van der Waals surface area contributed by atoms with Gasteiger partial charge in [-0.3, -0.25) is 9.79 Å². The highest BCUT2D eigenvalue weighted by molar-refractivity contribution is 5.94. The standard InChI is InChI=1S/C25H32N6O/c1-4-19(2)30-24(32)22-8-5-7-21(17-22)18-28-25(26-3)27-15-13-20-9-11-23(12-10-20)31-16-6-14-29-31/h5-12,14,16-17,19H,4,13,15,18H2,1-3H3,(H,30,32)(H2,26,27,28). The molecule has 0 bridgehead atoms. The van der Waals surface area contributed by atoms with Crippen LogP contribution in [0.5, 0.6) is 0 Å². The molecule has 7 heteroatoms. The number of benzene rings is 2. The van der Waals surface area contributed by atoms with Crippen molar-refractivity contribution in [2.75, 3.05) is 13.6 Å². The number of nitrogens with one attached hydrogen (secondary N) is 3. The van der Waals surface area contributed by atoms with Crippen LogP contribution in [0.2, 0.25) is 0 Å². The fourth-order valence-electron chi connectivity index (χ4n) is 3.20. The van der Waals surface area contributed by atoms with E-state index in [4.69, 9.17) is 0 Å². The predicted molar refractivity (Wildman–Crippen MR) is 129 cm³/mol. The molecule has 3 N–H and O–H groups in total. The number of aromatic nitrogens is 2. The Kier molecular flexibility index (Phi) is 8.43. The monoisotopic (exact) mass is 432 g/mol. The van der Waals surface area contributed by atoms with Crippen molar-refractivity contribution in [1.82, 2.24) is 25.7 Å². The van der Waals surface area contributed by atoms with Crippen LogP contribution in [0.4, 0.5) is 0 Å². The Labute approximate surface area is 190 Å². The zero-order valence-electron chi connectivity index (χ0n) is 19.0. The molecule has 1 heterocycles. The number of hydrogen-bond acceptors (Lipinski definition) is 3. The Morgan fingerprint density at radius 1 is 1.09 bits per heavy atom. The summed E-state index contributed by atoms with van der Waals surface area (Å²) in [4.78, 5) is 16.6. The van der Waals surface area contributed by atoms with Crippen molar-refractivity contribution in [3.8, 4) is 5.69 Å². The zero-order chi connectivity index (χ0) is 22.8. The summed E-state index contributed by atoms with van der Waals surface area (Å²) in [5, 5.41) is 13.9. The number of carbonyl (C=O) groups is 1. The highest BCUT2D eigenvalue weighted by atomic mass is 16.1. The van der Waals surface area contributed by atoms with Gasteiger partial charge >= 0.3 is 0 Å². The van der Waals surface area contributed by atoms with Crippen LogP contribution >= 0.6 is 0 Å². The van der Waals surface area contributed by atoms with Gasteiger partial charge in [0.2, 0.25) is 0 Å². The molecular formula is C25H32N6O. The summed E-state index contributed by atoms with van der Waals surface area (Å²) in [6.07, 6.45) is 5.49. The SMILES string of the molecule is CCC(C)NC(=O)c1cccc(CNC(=NC)NCCc2ccc(-n3cccn3)cc2)c1. The third kappa shape index (κ3) is 6.70. The first-order valence-electron chi connectivity index (χ1n) is 11.0. The summed E-state index contributed by atoms with van der Waals surface area (Å²) in [6.45, 7) is 5.41. The van der Waals surface area contributed by atoms with E-state index in [0.29, 0.717) is 12.1 Å². The molecule has 0 saturated carbocycles. The first-order chi connectivity index (χ1) is 15.6. The maximum absolute atomic E-state index is 12.4. The molecule has 3 rings (SSSR count). The van der Waals surface area contributed by atoms with E-state index in [1.165, 1.54) is 5.56 Å². The Morgan fingerprint density at radius 2 is 1.91 bits per heavy atom. The molecule has 1 unspecified atom stereocenters. The molecule has 0 aliphatic carbocycles. The number of amides is 1. The van der Waals surface area contributed by atoms with Crippen LogP contribution in [0.25, 0.3) is 5.69 Å².